The smallest absolute Gasteiger partial charge is 0.320 e. The number of hydrogen-bond donors (Lipinski definition) is 2. The number of hydrogen-bond acceptors (Lipinski definition) is 3. The maximum atomic E-state index is 10.1. The van der Waals surface area contributed by atoms with Crippen LogP contribution in [0.2, 0.25) is 0 Å². The van der Waals surface area contributed by atoms with Crippen molar-refractivity contribution in [3.05, 3.63) is 0 Å². The topological polar surface area (TPSA) is 63.3 Å². The molecule has 0 aliphatic rings. The molecule has 78 valence electrons. The summed E-state index contributed by atoms with van der Waals surface area (Å²) >= 11 is 1.60. The molecule has 0 aliphatic heterocycles. The first-order valence-electron chi connectivity index (χ1n) is 2.65. The summed E-state index contributed by atoms with van der Waals surface area (Å²) in [5.41, 5.74) is 5.19. The highest BCUT2D eigenvalue weighted by Gasteiger charge is 2.08. The number of thioether (sulfide) groups is 1. The molecule has 0 radical (unpaired) electrons. The molecule has 1 atom stereocenters. The monoisotopic (exact) mass is 257 g/mol. The van der Waals surface area contributed by atoms with Crippen molar-refractivity contribution in [2.24, 2.45) is 5.73 Å². The van der Waals surface area contributed by atoms with Crippen LogP contribution in [0.25, 0.3) is 0 Å². The normalized spacial score (nSPS) is 9.83. The van der Waals surface area contributed by atoms with Gasteiger partial charge in [0, 0.05) is 0 Å². The molecule has 0 aromatic heterocycles. The molecule has 3 nitrogen and oxygen atoms in total. The van der Waals surface area contributed by atoms with Gasteiger partial charge >= 0.3 is 5.97 Å². The molecule has 0 bridgehead atoms. The third kappa shape index (κ3) is 13.3. The van der Waals surface area contributed by atoms with E-state index < -0.39 is 12.0 Å². The molecule has 12 heavy (non-hydrogen) atoms. The van der Waals surface area contributed by atoms with Gasteiger partial charge in [-0.05, 0) is 18.4 Å². The fraction of sp³-hybridized carbons (Fsp3) is 0.800. The number of carbonyl (C=O) groups is 1. The lowest BCUT2D eigenvalue weighted by Gasteiger charge is -2.02. The van der Waals surface area contributed by atoms with Gasteiger partial charge < -0.3 is 10.8 Å². The van der Waals surface area contributed by atoms with Gasteiger partial charge in [0.05, 0.1) is 0 Å². The minimum absolute atomic E-state index is 0. The fourth-order valence-corrected chi connectivity index (χ4v) is 0.858. The van der Waals surface area contributed by atoms with Gasteiger partial charge in [-0.3, -0.25) is 4.79 Å². The summed E-state index contributed by atoms with van der Waals surface area (Å²) in [6.07, 6.45) is 2.48. The molecule has 1 unspecified atom stereocenters. The first-order chi connectivity index (χ1) is 4.18. The van der Waals surface area contributed by atoms with Crippen molar-refractivity contribution in [2.75, 3.05) is 12.0 Å². The standard InChI is InChI=1S/C5H11NO2S.3ClH/c1-9-3-2-4(6)5(7)8;;;/h4H,2-3,6H2,1H3,(H,7,8);3*1H. The van der Waals surface area contributed by atoms with E-state index in [1.54, 1.807) is 11.8 Å². The zero-order valence-electron chi connectivity index (χ0n) is 6.56. The van der Waals surface area contributed by atoms with Gasteiger partial charge in [-0.25, -0.2) is 0 Å². The maximum Gasteiger partial charge on any atom is 0.320 e. The Morgan fingerprint density at radius 3 is 2.17 bits per heavy atom. The van der Waals surface area contributed by atoms with Crippen molar-refractivity contribution in [1.29, 1.82) is 0 Å². The average molecular weight is 259 g/mol. The first kappa shape index (κ1) is 22.9. The Kier molecular flexibility index (Phi) is 27.1. The summed E-state index contributed by atoms with van der Waals surface area (Å²) in [5, 5.41) is 8.27. The Balaban J connectivity index is -0.000000107. The number of nitrogens with two attached hydrogens (primary N) is 1. The molecule has 0 rings (SSSR count). The SMILES string of the molecule is CSCCC(N)C(=O)O.Cl.Cl.Cl. The second-order valence-corrected chi connectivity index (χ2v) is 2.71. The van der Waals surface area contributed by atoms with Gasteiger partial charge in [-0.1, -0.05) is 0 Å². The highest BCUT2D eigenvalue weighted by molar-refractivity contribution is 7.98. The largest absolute Gasteiger partial charge is 0.480 e. The van der Waals surface area contributed by atoms with Gasteiger partial charge in [0.25, 0.3) is 0 Å². The van der Waals surface area contributed by atoms with Crippen molar-refractivity contribution in [3.8, 4) is 0 Å². The molecule has 0 saturated heterocycles. The van der Waals surface area contributed by atoms with Crippen molar-refractivity contribution < 1.29 is 9.90 Å². The Morgan fingerprint density at radius 1 is 1.50 bits per heavy atom. The van der Waals surface area contributed by atoms with Crippen molar-refractivity contribution in [1.82, 2.24) is 0 Å². The average Bonchev–Trinajstić information content (AvgIpc) is 1.82. The van der Waals surface area contributed by atoms with E-state index in [1.807, 2.05) is 6.26 Å². The second kappa shape index (κ2) is 14.2. The lowest BCUT2D eigenvalue weighted by molar-refractivity contribution is -0.138. The van der Waals surface area contributed by atoms with E-state index in [0.29, 0.717) is 6.42 Å². The van der Waals surface area contributed by atoms with E-state index in [9.17, 15) is 4.79 Å². The summed E-state index contributed by atoms with van der Waals surface area (Å²) in [4.78, 5) is 10.1. The fourth-order valence-electron chi connectivity index (χ4n) is 0.368. The van der Waals surface area contributed by atoms with E-state index >= 15 is 0 Å². The molecule has 0 aromatic carbocycles. The van der Waals surface area contributed by atoms with Crippen molar-refractivity contribution >= 4 is 55.0 Å². The Labute approximate surface area is 95.1 Å². The lowest BCUT2D eigenvalue weighted by Crippen LogP contribution is -2.30. The predicted octanol–water partition coefficient (Wildman–Crippen LogP) is 1.42. The van der Waals surface area contributed by atoms with Gasteiger partial charge in [-0.2, -0.15) is 11.8 Å². The zero-order chi connectivity index (χ0) is 7.28. The van der Waals surface area contributed by atoms with Crippen LogP contribution in [-0.4, -0.2) is 29.1 Å². The van der Waals surface area contributed by atoms with Gasteiger partial charge in [0.1, 0.15) is 6.04 Å². The van der Waals surface area contributed by atoms with E-state index in [2.05, 4.69) is 0 Å². The summed E-state index contributed by atoms with van der Waals surface area (Å²) in [5.74, 6) is -0.1000. The van der Waals surface area contributed by atoms with Crippen molar-refractivity contribution in [2.45, 2.75) is 12.5 Å². The van der Waals surface area contributed by atoms with Gasteiger partial charge in [0.15, 0.2) is 0 Å². The zero-order valence-corrected chi connectivity index (χ0v) is 9.82. The highest BCUT2D eigenvalue weighted by atomic mass is 35.5. The first-order valence-corrected chi connectivity index (χ1v) is 4.05. The minimum atomic E-state index is -0.913. The molecular weight excluding hydrogens is 244 g/mol. The van der Waals surface area contributed by atoms with E-state index in [1.165, 1.54) is 0 Å². The van der Waals surface area contributed by atoms with Crippen LogP contribution in [0, 0.1) is 0 Å². The maximum absolute atomic E-state index is 10.1. The second-order valence-electron chi connectivity index (χ2n) is 1.73. The van der Waals surface area contributed by atoms with Gasteiger partial charge in [-0.15, -0.1) is 37.2 Å². The Bertz CT molecular complexity index is 107. The quantitative estimate of drug-likeness (QED) is 0.800. The molecule has 3 N–H and O–H groups in total. The van der Waals surface area contributed by atoms with Crippen molar-refractivity contribution in [3.63, 3.8) is 0 Å². The van der Waals surface area contributed by atoms with Gasteiger partial charge in [0.2, 0.25) is 0 Å². The van der Waals surface area contributed by atoms with E-state index in [0.717, 1.165) is 5.75 Å². The molecule has 0 spiro atoms. The Morgan fingerprint density at radius 2 is 1.92 bits per heavy atom. The molecule has 7 heteroatoms. The van der Waals surface area contributed by atoms with Crippen LogP contribution in [0.15, 0.2) is 0 Å². The van der Waals surface area contributed by atoms with Crippen LogP contribution in [0.5, 0.6) is 0 Å². The number of carboxylic acids is 1. The van der Waals surface area contributed by atoms with E-state index in [4.69, 9.17) is 10.8 Å². The highest BCUT2D eigenvalue weighted by Crippen LogP contribution is 1.97. The minimum Gasteiger partial charge on any atom is -0.480 e. The summed E-state index contributed by atoms with van der Waals surface area (Å²) < 4.78 is 0. The van der Waals surface area contributed by atoms with Crippen LogP contribution in [0.1, 0.15) is 6.42 Å². The Hall–Kier alpha value is 0.650. The van der Waals surface area contributed by atoms with Crippen LogP contribution in [-0.2, 0) is 4.79 Å². The molecule has 0 heterocycles. The number of aliphatic carboxylic acids is 1. The molecule has 0 aliphatic carbocycles. The number of rotatable bonds is 4. The molecule has 0 fully saturated rings. The van der Waals surface area contributed by atoms with Crippen LogP contribution in [0.4, 0.5) is 0 Å². The van der Waals surface area contributed by atoms with Crippen LogP contribution >= 0.6 is 49.0 Å². The predicted molar refractivity (Wildman–Crippen MR) is 60.4 cm³/mol. The number of carboxylic acid groups (broad SMARTS) is 1. The molecule has 0 saturated carbocycles. The van der Waals surface area contributed by atoms with Crippen LogP contribution in [0.3, 0.4) is 0 Å². The molecule has 0 aromatic rings. The van der Waals surface area contributed by atoms with E-state index in [-0.39, 0.29) is 37.2 Å². The summed E-state index contributed by atoms with van der Waals surface area (Å²) in [6.45, 7) is 0. The summed E-state index contributed by atoms with van der Waals surface area (Å²) in [7, 11) is 0. The summed E-state index contributed by atoms with van der Waals surface area (Å²) in [6, 6.07) is -0.683. The van der Waals surface area contributed by atoms with Crippen LogP contribution < -0.4 is 5.73 Å². The molecule has 0 amide bonds. The number of halogens is 3. The third-order valence-corrected chi connectivity index (χ3v) is 1.59. The molecular formula is C5H14Cl3NO2S. The third-order valence-electron chi connectivity index (χ3n) is 0.950. The lowest BCUT2D eigenvalue weighted by atomic mass is 10.2.